The number of rotatable bonds is 2. The van der Waals surface area contributed by atoms with Crippen molar-refractivity contribution in [2.24, 2.45) is 0 Å². The second kappa shape index (κ2) is 4.01. The maximum Gasteiger partial charge on any atom is 0.280 e. The number of hydrogen-bond acceptors (Lipinski definition) is 4. The molecule has 0 atom stereocenters. The summed E-state index contributed by atoms with van der Waals surface area (Å²) in [5, 5.41) is 5.95. The molecule has 0 bridgehead atoms. The monoisotopic (exact) mass is 197 g/mol. The van der Waals surface area contributed by atoms with Gasteiger partial charge in [-0.25, -0.2) is 10.6 Å². The summed E-state index contributed by atoms with van der Waals surface area (Å²) < 4.78 is 0. The van der Waals surface area contributed by atoms with Crippen LogP contribution < -0.4 is 11.0 Å². The third-order valence-corrected chi connectivity index (χ3v) is 1.89. The highest BCUT2D eigenvalue weighted by Crippen LogP contribution is 2.04. The number of H-pyrrole nitrogens is 1. The Morgan fingerprint density at radius 3 is 2.71 bits per heavy atom. The molecule has 0 radical (unpaired) electrons. The molecule has 0 aromatic carbocycles. The van der Waals surface area contributed by atoms with E-state index in [-0.39, 0.29) is 5.56 Å². The lowest BCUT2D eigenvalue weighted by Gasteiger charge is -2.05. The third kappa shape index (κ3) is 1.80. The largest absolute Gasteiger partial charge is 0.280 e. The minimum Gasteiger partial charge on any atom is -0.277 e. The van der Waals surface area contributed by atoms with E-state index in [1.54, 1.807) is 13.8 Å². The van der Waals surface area contributed by atoms with Crippen LogP contribution in [0.2, 0.25) is 0 Å². The van der Waals surface area contributed by atoms with Gasteiger partial charge in [0.1, 0.15) is 5.56 Å². The number of nitrogens with one attached hydrogen (secondary N) is 2. The van der Waals surface area contributed by atoms with Gasteiger partial charge in [0.2, 0.25) is 0 Å². The Balaban J connectivity index is 3.26. The zero-order valence-corrected chi connectivity index (χ0v) is 8.17. The first-order valence-corrected chi connectivity index (χ1v) is 3.97. The summed E-state index contributed by atoms with van der Waals surface area (Å²) in [6.07, 6.45) is 0. The van der Waals surface area contributed by atoms with Gasteiger partial charge in [0, 0.05) is 0 Å². The molecular weight excluding hydrogens is 186 g/mol. The second-order valence-corrected chi connectivity index (χ2v) is 2.77. The van der Waals surface area contributed by atoms with Crippen LogP contribution >= 0.6 is 0 Å². The number of carbonyl (C=O) groups is 1. The molecule has 2 N–H and O–H groups in total. The number of hydrogen-bond donors (Lipinski definition) is 2. The number of nitrogens with zero attached hydrogens (tertiary/aromatic N) is 1. The molecule has 1 heterocycles. The first-order valence-electron chi connectivity index (χ1n) is 3.97. The highest BCUT2D eigenvalue weighted by Gasteiger charge is 2.15. The van der Waals surface area contributed by atoms with Gasteiger partial charge >= 0.3 is 0 Å². The van der Waals surface area contributed by atoms with Gasteiger partial charge in [-0.15, -0.1) is 0 Å². The molecule has 0 saturated carbocycles. The number of aryl methyl sites for hydroxylation is 1. The van der Waals surface area contributed by atoms with Crippen molar-refractivity contribution in [2.75, 3.05) is 7.11 Å². The van der Waals surface area contributed by atoms with Crippen LogP contribution in [0.1, 0.15) is 21.6 Å². The molecule has 0 saturated heterocycles. The third-order valence-electron chi connectivity index (χ3n) is 1.89. The van der Waals surface area contributed by atoms with Crippen molar-refractivity contribution in [1.82, 2.24) is 15.7 Å². The molecule has 1 amide bonds. The molecule has 1 aromatic rings. The fourth-order valence-electron chi connectivity index (χ4n) is 1.04. The SMILES string of the molecule is CONC(=O)c1c(C)c(C)n[nH]c1=O. The Morgan fingerprint density at radius 2 is 2.14 bits per heavy atom. The van der Waals surface area contributed by atoms with Crippen LogP contribution in [-0.2, 0) is 4.84 Å². The van der Waals surface area contributed by atoms with Crippen LogP contribution in [0.15, 0.2) is 4.79 Å². The molecule has 6 nitrogen and oxygen atoms in total. The molecule has 0 unspecified atom stereocenters. The van der Waals surface area contributed by atoms with Gasteiger partial charge < -0.3 is 0 Å². The molecule has 0 fully saturated rings. The number of aromatic amines is 1. The van der Waals surface area contributed by atoms with E-state index in [9.17, 15) is 9.59 Å². The van der Waals surface area contributed by atoms with Crippen LogP contribution in [0.3, 0.4) is 0 Å². The minimum absolute atomic E-state index is 0.0272. The summed E-state index contributed by atoms with van der Waals surface area (Å²) in [6.45, 7) is 3.36. The van der Waals surface area contributed by atoms with Gasteiger partial charge in [-0.05, 0) is 19.4 Å². The molecule has 76 valence electrons. The molecule has 0 aliphatic heterocycles. The minimum atomic E-state index is -0.572. The van der Waals surface area contributed by atoms with Crippen molar-refractivity contribution in [1.29, 1.82) is 0 Å². The summed E-state index contributed by atoms with van der Waals surface area (Å²) in [5.41, 5.74) is 2.73. The highest BCUT2D eigenvalue weighted by molar-refractivity contribution is 5.94. The van der Waals surface area contributed by atoms with Crippen molar-refractivity contribution in [2.45, 2.75) is 13.8 Å². The molecule has 6 heteroatoms. The van der Waals surface area contributed by atoms with Gasteiger partial charge in [0.05, 0.1) is 12.8 Å². The van der Waals surface area contributed by atoms with Crippen molar-refractivity contribution in [3.63, 3.8) is 0 Å². The lowest BCUT2D eigenvalue weighted by molar-refractivity contribution is 0.0535. The number of amides is 1. The first-order chi connectivity index (χ1) is 6.57. The number of carbonyl (C=O) groups excluding carboxylic acids is 1. The quantitative estimate of drug-likeness (QED) is 0.636. The van der Waals surface area contributed by atoms with Gasteiger partial charge in [0.25, 0.3) is 11.5 Å². The first kappa shape index (κ1) is 10.4. The number of hydroxylamine groups is 1. The summed E-state index contributed by atoms with van der Waals surface area (Å²) in [4.78, 5) is 27.1. The average Bonchev–Trinajstić information content (AvgIpc) is 2.13. The smallest absolute Gasteiger partial charge is 0.277 e. The van der Waals surface area contributed by atoms with Gasteiger partial charge in [-0.2, -0.15) is 5.10 Å². The van der Waals surface area contributed by atoms with Crippen molar-refractivity contribution in [3.8, 4) is 0 Å². The summed E-state index contributed by atoms with van der Waals surface area (Å²) in [5.74, 6) is -0.572. The summed E-state index contributed by atoms with van der Waals surface area (Å²) >= 11 is 0. The topological polar surface area (TPSA) is 84.1 Å². The van der Waals surface area contributed by atoms with Gasteiger partial charge in [0.15, 0.2) is 0 Å². The maximum absolute atomic E-state index is 11.4. The normalized spacial score (nSPS) is 9.93. The standard InChI is InChI=1S/C8H11N3O3/c1-4-5(2)9-10-7(12)6(4)8(13)11-14-3/h1-3H3,(H,10,12)(H,11,13). The zero-order chi connectivity index (χ0) is 10.7. The maximum atomic E-state index is 11.4. The molecule has 0 spiro atoms. The molecule has 1 rings (SSSR count). The van der Waals surface area contributed by atoms with Crippen LogP contribution in [0, 0.1) is 13.8 Å². The average molecular weight is 197 g/mol. The predicted octanol–water partition coefficient (Wildman–Crippen LogP) is -0.322. The van der Waals surface area contributed by atoms with Crippen LogP contribution in [-0.4, -0.2) is 23.2 Å². The highest BCUT2D eigenvalue weighted by atomic mass is 16.6. The summed E-state index contributed by atoms with van der Waals surface area (Å²) in [7, 11) is 1.30. The molecular formula is C8H11N3O3. The van der Waals surface area contributed by atoms with E-state index in [0.29, 0.717) is 11.3 Å². The van der Waals surface area contributed by atoms with E-state index in [1.165, 1.54) is 7.11 Å². The van der Waals surface area contributed by atoms with Crippen molar-refractivity contribution in [3.05, 3.63) is 27.2 Å². The van der Waals surface area contributed by atoms with Crippen molar-refractivity contribution >= 4 is 5.91 Å². The Morgan fingerprint density at radius 1 is 1.50 bits per heavy atom. The Bertz CT molecular complexity index is 411. The van der Waals surface area contributed by atoms with E-state index >= 15 is 0 Å². The summed E-state index contributed by atoms with van der Waals surface area (Å²) in [6, 6.07) is 0. The van der Waals surface area contributed by atoms with E-state index in [4.69, 9.17) is 0 Å². The van der Waals surface area contributed by atoms with Crippen LogP contribution in [0.25, 0.3) is 0 Å². The van der Waals surface area contributed by atoms with E-state index in [0.717, 1.165) is 0 Å². The Labute approximate surface area is 80.2 Å². The fraction of sp³-hybridized carbons (Fsp3) is 0.375. The molecule has 0 aliphatic carbocycles. The fourth-order valence-corrected chi connectivity index (χ4v) is 1.04. The molecule has 14 heavy (non-hydrogen) atoms. The molecule has 0 aliphatic rings. The Kier molecular flexibility index (Phi) is 2.98. The van der Waals surface area contributed by atoms with Gasteiger partial charge in [-0.3, -0.25) is 14.4 Å². The van der Waals surface area contributed by atoms with E-state index in [1.807, 2.05) is 0 Å². The van der Waals surface area contributed by atoms with Gasteiger partial charge in [-0.1, -0.05) is 0 Å². The van der Waals surface area contributed by atoms with Crippen LogP contribution in [0.4, 0.5) is 0 Å². The lowest BCUT2D eigenvalue weighted by atomic mass is 10.1. The lowest BCUT2D eigenvalue weighted by Crippen LogP contribution is -2.31. The van der Waals surface area contributed by atoms with Crippen LogP contribution in [0.5, 0.6) is 0 Å². The van der Waals surface area contributed by atoms with E-state index in [2.05, 4.69) is 20.5 Å². The second-order valence-electron chi connectivity index (χ2n) is 2.77. The van der Waals surface area contributed by atoms with E-state index < -0.39 is 11.5 Å². The zero-order valence-electron chi connectivity index (χ0n) is 8.17. The molecule has 1 aromatic heterocycles. The number of aromatic nitrogens is 2. The predicted molar refractivity (Wildman–Crippen MR) is 48.8 cm³/mol. The Hall–Kier alpha value is -1.69. The van der Waals surface area contributed by atoms with Crippen molar-refractivity contribution < 1.29 is 9.63 Å².